The molecule has 9 heteroatoms. The summed E-state index contributed by atoms with van der Waals surface area (Å²) >= 11 is 0. The van der Waals surface area contributed by atoms with Gasteiger partial charge in [-0.15, -0.1) is 0 Å². The van der Waals surface area contributed by atoms with Crippen LogP contribution in [0, 0.1) is 0 Å². The van der Waals surface area contributed by atoms with Gasteiger partial charge in [-0.1, -0.05) is 0 Å². The van der Waals surface area contributed by atoms with Gasteiger partial charge < -0.3 is 31.2 Å². The summed E-state index contributed by atoms with van der Waals surface area (Å²) in [5.74, 6) is 0.0281. The van der Waals surface area contributed by atoms with Gasteiger partial charge in [-0.25, -0.2) is 9.36 Å². The van der Waals surface area contributed by atoms with Gasteiger partial charge in [0.2, 0.25) is 0 Å². The normalized spacial score (nSPS) is 30.7. The third-order valence-electron chi connectivity index (χ3n) is 3.02. The zero-order valence-electron chi connectivity index (χ0n) is 10.3. The molecule has 1 aliphatic rings. The molecule has 1 aromatic heterocycles. The lowest BCUT2D eigenvalue weighted by molar-refractivity contribution is -0.0612. The Balaban J connectivity index is 2.44. The van der Waals surface area contributed by atoms with E-state index in [1.165, 1.54) is 13.2 Å². The fourth-order valence-electron chi connectivity index (χ4n) is 2.12. The molecule has 0 unspecified atom stereocenters. The van der Waals surface area contributed by atoms with Crippen molar-refractivity contribution in [3.05, 3.63) is 16.6 Å². The van der Waals surface area contributed by atoms with Crippen LogP contribution in [0.1, 0.15) is 6.23 Å². The highest BCUT2D eigenvalue weighted by atomic mass is 16.6. The number of rotatable bonds is 3. The maximum Gasteiger partial charge on any atom is 0.353 e. The van der Waals surface area contributed by atoms with Crippen molar-refractivity contribution in [2.24, 2.45) is 0 Å². The molecule has 1 fully saturated rings. The van der Waals surface area contributed by atoms with Crippen molar-refractivity contribution < 1.29 is 19.7 Å². The minimum Gasteiger partial charge on any atom is -0.394 e. The van der Waals surface area contributed by atoms with Gasteiger partial charge in [0.15, 0.2) is 6.23 Å². The zero-order chi connectivity index (χ0) is 14.2. The average molecular weight is 272 g/mol. The number of hydrogen-bond donors (Lipinski definition) is 4. The lowest BCUT2D eigenvalue weighted by Crippen LogP contribution is -2.38. The molecule has 2 rings (SSSR count). The van der Waals surface area contributed by atoms with Gasteiger partial charge in [-0.3, -0.25) is 0 Å². The van der Waals surface area contributed by atoms with Crippen molar-refractivity contribution in [1.82, 2.24) is 9.55 Å². The number of nitrogen functional groups attached to an aromatic ring is 2. The molecular formula is C10H16N4O5. The summed E-state index contributed by atoms with van der Waals surface area (Å²) in [6, 6.07) is 1.30. The molecule has 0 spiro atoms. The van der Waals surface area contributed by atoms with Gasteiger partial charge in [0.1, 0.15) is 29.9 Å². The van der Waals surface area contributed by atoms with Crippen LogP contribution in [-0.4, -0.2) is 51.8 Å². The number of aromatic nitrogens is 2. The van der Waals surface area contributed by atoms with Gasteiger partial charge in [0.05, 0.1) is 6.61 Å². The highest BCUT2D eigenvalue weighted by Crippen LogP contribution is 2.31. The van der Waals surface area contributed by atoms with Crippen molar-refractivity contribution in [1.29, 1.82) is 0 Å². The summed E-state index contributed by atoms with van der Waals surface area (Å²) in [6.45, 7) is -0.408. The first-order valence-corrected chi connectivity index (χ1v) is 5.61. The molecule has 4 atom stereocenters. The molecule has 0 radical (unpaired) electrons. The number of aliphatic hydroxyl groups excluding tert-OH is 2. The molecule has 0 amide bonds. The summed E-state index contributed by atoms with van der Waals surface area (Å²) in [5.41, 5.74) is 10.4. The third-order valence-corrected chi connectivity index (χ3v) is 3.02. The Morgan fingerprint density at radius 2 is 2.26 bits per heavy atom. The van der Waals surface area contributed by atoms with E-state index in [9.17, 15) is 9.90 Å². The first-order valence-electron chi connectivity index (χ1n) is 5.61. The van der Waals surface area contributed by atoms with Crippen molar-refractivity contribution in [2.45, 2.75) is 24.5 Å². The zero-order valence-corrected chi connectivity index (χ0v) is 10.3. The van der Waals surface area contributed by atoms with Gasteiger partial charge >= 0.3 is 5.69 Å². The van der Waals surface area contributed by atoms with E-state index in [-0.39, 0.29) is 11.6 Å². The van der Waals surface area contributed by atoms with Crippen molar-refractivity contribution in [3.8, 4) is 0 Å². The molecule has 0 saturated carbocycles. The molecule has 0 aliphatic carbocycles. The number of anilines is 2. The second kappa shape index (κ2) is 5.13. The fourth-order valence-corrected chi connectivity index (χ4v) is 2.12. The van der Waals surface area contributed by atoms with Crippen LogP contribution in [0.3, 0.4) is 0 Å². The molecular weight excluding hydrogens is 256 g/mol. The van der Waals surface area contributed by atoms with E-state index in [0.717, 1.165) is 4.57 Å². The van der Waals surface area contributed by atoms with Crippen LogP contribution >= 0.6 is 0 Å². The Morgan fingerprint density at radius 3 is 2.79 bits per heavy atom. The smallest absolute Gasteiger partial charge is 0.353 e. The molecule has 0 bridgehead atoms. The monoisotopic (exact) mass is 272 g/mol. The van der Waals surface area contributed by atoms with E-state index in [0.29, 0.717) is 0 Å². The molecule has 106 valence electrons. The van der Waals surface area contributed by atoms with Crippen LogP contribution in [0.2, 0.25) is 0 Å². The standard InChI is InChI=1S/C10H16N4O5/c1-18-8-7(16)4(3-15)19-9(8)14-6(12)2-5(11)13-10(14)17/h2,4,7-9,15-16H,3,12H2,1H3,(H2,11,13,17)/t4-,7-,8-,9-/m1/s1. The number of nitrogens with zero attached hydrogens (tertiary/aromatic N) is 2. The topological polar surface area (TPSA) is 146 Å². The predicted molar refractivity (Wildman–Crippen MR) is 65.1 cm³/mol. The lowest BCUT2D eigenvalue weighted by Gasteiger charge is -2.21. The molecule has 2 heterocycles. The Bertz CT molecular complexity index is 519. The van der Waals surface area contributed by atoms with Crippen LogP contribution in [-0.2, 0) is 9.47 Å². The summed E-state index contributed by atoms with van der Waals surface area (Å²) in [4.78, 5) is 15.4. The number of nitrogens with two attached hydrogens (primary N) is 2. The van der Waals surface area contributed by atoms with Crippen molar-refractivity contribution in [2.75, 3.05) is 25.2 Å². The number of ether oxygens (including phenoxy) is 2. The van der Waals surface area contributed by atoms with E-state index in [4.69, 9.17) is 26.0 Å². The quantitative estimate of drug-likeness (QED) is 0.479. The van der Waals surface area contributed by atoms with Gasteiger partial charge in [-0.2, -0.15) is 4.98 Å². The highest BCUT2D eigenvalue weighted by Gasteiger charge is 2.45. The van der Waals surface area contributed by atoms with E-state index in [2.05, 4.69) is 4.98 Å². The summed E-state index contributed by atoms with van der Waals surface area (Å²) < 4.78 is 11.5. The van der Waals surface area contributed by atoms with E-state index >= 15 is 0 Å². The number of methoxy groups -OCH3 is 1. The highest BCUT2D eigenvalue weighted by molar-refractivity contribution is 5.41. The molecule has 19 heavy (non-hydrogen) atoms. The largest absolute Gasteiger partial charge is 0.394 e. The first-order chi connectivity index (χ1) is 8.99. The Labute approximate surface area is 108 Å². The second-order valence-corrected chi connectivity index (χ2v) is 4.20. The summed E-state index contributed by atoms with van der Waals surface area (Å²) in [6.07, 6.45) is -3.76. The second-order valence-electron chi connectivity index (χ2n) is 4.20. The maximum atomic E-state index is 11.8. The summed E-state index contributed by atoms with van der Waals surface area (Å²) in [5, 5.41) is 19.0. The SMILES string of the molecule is CO[C@@H]1[C@H](O)[C@@H](CO)O[C@H]1n1c(N)cc(N)nc1=O. The minimum absolute atomic E-state index is 0.00929. The van der Waals surface area contributed by atoms with Crippen LogP contribution in [0.15, 0.2) is 10.9 Å². The fraction of sp³-hybridized carbons (Fsp3) is 0.600. The predicted octanol–water partition coefficient (Wildman–Crippen LogP) is -2.33. The Kier molecular flexibility index (Phi) is 3.71. The molecule has 1 saturated heterocycles. The van der Waals surface area contributed by atoms with E-state index < -0.39 is 36.8 Å². The van der Waals surface area contributed by atoms with Gasteiger partial charge in [0, 0.05) is 13.2 Å². The number of aliphatic hydroxyl groups is 2. The summed E-state index contributed by atoms with van der Waals surface area (Å²) in [7, 11) is 1.36. The van der Waals surface area contributed by atoms with Crippen LogP contribution < -0.4 is 17.2 Å². The molecule has 9 nitrogen and oxygen atoms in total. The number of hydrogen-bond acceptors (Lipinski definition) is 8. The van der Waals surface area contributed by atoms with Gasteiger partial charge in [-0.05, 0) is 0 Å². The van der Waals surface area contributed by atoms with Crippen molar-refractivity contribution >= 4 is 11.6 Å². The lowest BCUT2D eigenvalue weighted by atomic mass is 10.1. The van der Waals surface area contributed by atoms with Crippen LogP contribution in [0.4, 0.5) is 11.6 Å². The third kappa shape index (κ3) is 2.28. The molecule has 0 aromatic carbocycles. The van der Waals surface area contributed by atoms with Crippen LogP contribution in [0.25, 0.3) is 0 Å². The maximum absolute atomic E-state index is 11.8. The molecule has 6 N–H and O–H groups in total. The van der Waals surface area contributed by atoms with E-state index in [1.54, 1.807) is 0 Å². The van der Waals surface area contributed by atoms with Crippen molar-refractivity contribution in [3.63, 3.8) is 0 Å². The first kappa shape index (κ1) is 13.7. The Morgan fingerprint density at radius 1 is 1.58 bits per heavy atom. The Hall–Kier alpha value is -1.68. The average Bonchev–Trinajstić information content (AvgIpc) is 2.64. The minimum atomic E-state index is -1.08. The molecule has 1 aliphatic heterocycles. The van der Waals surface area contributed by atoms with E-state index in [1.807, 2.05) is 0 Å². The van der Waals surface area contributed by atoms with Crippen LogP contribution in [0.5, 0.6) is 0 Å². The van der Waals surface area contributed by atoms with Gasteiger partial charge in [0.25, 0.3) is 0 Å². The molecule has 1 aromatic rings.